The van der Waals surface area contributed by atoms with Crippen molar-refractivity contribution >= 4 is 0 Å². The number of rotatable bonds is 2. The SMILES string of the molecule is CNCc1nc(C)nc2c1CCCC2. The molecule has 0 fully saturated rings. The summed E-state index contributed by atoms with van der Waals surface area (Å²) in [5.41, 5.74) is 3.89. The molecule has 3 heteroatoms. The average molecular weight is 191 g/mol. The van der Waals surface area contributed by atoms with E-state index in [0.29, 0.717) is 0 Å². The molecular formula is C11H17N3. The van der Waals surface area contributed by atoms with Crippen molar-refractivity contribution in [2.24, 2.45) is 0 Å². The second kappa shape index (κ2) is 4.05. The lowest BCUT2D eigenvalue weighted by Gasteiger charge is -2.18. The van der Waals surface area contributed by atoms with Gasteiger partial charge in [-0.25, -0.2) is 9.97 Å². The van der Waals surface area contributed by atoms with Gasteiger partial charge in [-0.05, 0) is 45.2 Å². The predicted molar refractivity (Wildman–Crippen MR) is 56.2 cm³/mol. The smallest absolute Gasteiger partial charge is 0.125 e. The molecule has 1 aromatic heterocycles. The standard InChI is InChI=1S/C11H17N3/c1-8-13-10-6-4-3-5-9(10)11(14-8)7-12-2/h12H,3-7H2,1-2H3. The van der Waals surface area contributed by atoms with Gasteiger partial charge in [-0.3, -0.25) is 0 Å². The molecule has 76 valence electrons. The van der Waals surface area contributed by atoms with Crippen LogP contribution < -0.4 is 5.32 Å². The van der Waals surface area contributed by atoms with Gasteiger partial charge in [0.1, 0.15) is 5.82 Å². The zero-order chi connectivity index (χ0) is 9.97. The maximum absolute atomic E-state index is 4.52. The van der Waals surface area contributed by atoms with Crippen LogP contribution in [0.15, 0.2) is 0 Å². The van der Waals surface area contributed by atoms with E-state index in [-0.39, 0.29) is 0 Å². The van der Waals surface area contributed by atoms with E-state index >= 15 is 0 Å². The van der Waals surface area contributed by atoms with Crippen LogP contribution in [0.3, 0.4) is 0 Å². The zero-order valence-electron chi connectivity index (χ0n) is 8.93. The Hall–Kier alpha value is -0.960. The third kappa shape index (κ3) is 1.77. The normalized spacial score (nSPS) is 15.3. The van der Waals surface area contributed by atoms with E-state index in [0.717, 1.165) is 25.2 Å². The summed E-state index contributed by atoms with van der Waals surface area (Å²) >= 11 is 0. The Bertz CT molecular complexity index is 334. The highest BCUT2D eigenvalue weighted by atomic mass is 14.9. The molecule has 2 rings (SSSR count). The average Bonchev–Trinajstić information content (AvgIpc) is 2.18. The first kappa shape index (κ1) is 9.59. The fraction of sp³-hybridized carbons (Fsp3) is 0.636. The van der Waals surface area contributed by atoms with Gasteiger partial charge in [0.15, 0.2) is 0 Å². The van der Waals surface area contributed by atoms with Gasteiger partial charge < -0.3 is 5.32 Å². The summed E-state index contributed by atoms with van der Waals surface area (Å²) in [6.07, 6.45) is 4.86. The van der Waals surface area contributed by atoms with Crippen LogP contribution in [-0.4, -0.2) is 17.0 Å². The van der Waals surface area contributed by atoms with E-state index in [2.05, 4.69) is 15.3 Å². The first-order valence-electron chi connectivity index (χ1n) is 5.31. The molecule has 0 radical (unpaired) electrons. The molecule has 0 saturated carbocycles. The van der Waals surface area contributed by atoms with Crippen molar-refractivity contribution in [1.82, 2.24) is 15.3 Å². The summed E-state index contributed by atoms with van der Waals surface area (Å²) in [6.45, 7) is 2.85. The summed E-state index contributed by atoms with van der Waals surface area (Å²) in [7, 11) is 1.96. The van der Waals surface area contributed by atoms with E-state index in [1.165, 1.54) is 29.8 Å². The first-order chi connectivity index (χ1) is 6.81. The molecule has 1 aliphatic rings. The summed E-state index contributed by atoms with van der Waals surface area (Å²) in [6, 6.07) is 0. The fourth-order valence-corrected chi connectivity index (χ4v) is 2.12. The molecule has 14 heavy (non-hydrogen) atoms. The number of hydrogen-bond acceptors (Lipinski definition) is 3. The molecule has 3 nitrogen and oxygen atoms in total. The summed E-state index contributed by atoms with van der Waals surface area (Å²) in [5.74, 6) is 0.913. The van der Waals surface area contributed by atoms with Gasteiger partial charge in [-0.2, -0.15) is 0 Å². The molecule has 0 aromatic carbocycles. The maximum atomic E-state index is 4.52. The van der Waals surface area contributed by atoms with Gasteiger partial charge in [-0.15, -0.1) is 0 Å². The Morgan fingerprint density at radius 2 is 2.00 bits per heavy atom. The number of fused-ring (bicyclic) bond motifs is 1. The molecule has 1 N–H and O–H groups in total. The number of nitrogens with one attached hydrogen (secondary N) is 1. The van der Waals surface area contributed by atoms with E-state index in [1.807, 2.05) is 14.0 Å². The molecule has 0 aliphatic heterocycles. The summed E-state index contributed by atoms with van der Waals surface area (Å²) < 4.78 is 0. The van der Waals surface area contributed by atoms with Crippen molar-refractivity contribution in [3.63, 3.8) is 0 Å². The van der Waals surface area contributed by atoms with Crippen LogP contribution >= 0.6 is 0 Å². The van der Waals surface area contributed by atoms with E-state index in [4.69, 9.17) is 0 Å². The van der Waals surface area contributed by atoms with Crippen molar-refractivity contribution in [2.75, 3.05) is 7.05 Å². The number of aryl methyl sites for hydroxylation is 2. The molecule has 0 atom stereocenters. The van der Waals surface area contributed by atoms with Gasteiger partial charge in [0, 0.05) is 12.2 Å². The monoisotopic (exact) mass is 191 g/mol. The molecule has 0 bridgehead atoms. The van der Waals surface area contributed by atoms with Crippen LogP contribution in [0.25, 0.3) is 0 Å². The second-order valence-electron chi connectivity index (χ2n) is 3.88. The molecule has 1 aromatic rings. The third-order valence-corrected chi connectivity index (χ3v) is 2.72. The molecule has 0 saturated heterocycles. The predicted octanol–water partition coefficient (Wildman–Crippen LogP) is 1.38. The molecule has 1 heterocycles. The molecule has 0 spiro atoms. The van der Waals surface area contributed by atoms with Gasteiger partial charge in [0.05, 0.1) is 5.69 Å². The first-order valence-corrected chi connectivity index (χ1v) is 5.31. The van der Waals surface area contributed by atoms with E-state index in [9.17, 15) is 0 Å². The van der Waals surface area contributed by atoms with Crippen molar-refractivity contribution in [2.45, 2.75) is 39.2 Å². The van der Waals surface area contributed by atoms with Crippen LogP contribution in [0.1, 0.15) is 35.6 Å². The topological polar surface area (TPSA) is 37.8 Å². The molecule has 0 amide bonds. The van der Waals surface area contributed by atoms with Gasteiger partial charge in [0.2, 0.25) is 0 Å². The van der Waals surface area contributed by atoms with Crippen LogP contribution in [0.5, 0.6) is 0 Å². The maximum Gasteiger partial charge on any atom is 0.125 e. The lowest BCUT2D eigenvalue weighted by molar-refractivity contribution is 0.636. The van der Waals surface area contributed by atoms with Gasteiger partial charge in [-0.1, -0.05) is 0 Å². The minimum absolute atomic E-state index is 0.867. The Labute approximate surface area is 85.0 Å². The second-order valence-corrected chi connectivity index (χ2v) is 3.88. The highest BCUT2D eigenvalue weighted by Gasteiger charge is 2.15. The Morgan fingerprint density at radius 3 is 2.79 bits per heavy atom. The largest absolute Gasteiger partial charge is 0.314 e. The number of hydrogen-bond donors (Lipinski definition) is 1. The highest BCUT2D eigenvalue weighted by molar-refractivity contribution is 5.28. The zero-order valence-corrected chi connectivity index (χ0v) is 8.93. The molecular weight excluding hydrogens is 174 g/mol. The number of nitrogens with zero attached hydrogens (tertiary/aromatic N) is 2. The van der Waals surface area contributed by atoms with Crippen molar-refractivity contribution in [1.29, 1.82) is 0 Å². The van der Waals surface area contributed by atoms with Crippen molar-refractivity contribution < 1.29 is 0 Å². The van der Waals surface area contributed by atoms with E-state index < -0.39 is 0 Å². The minimum Gasteiger partial charge on any atom is -0.314 e. The lowest BCUT2D eigenvalue weighted by Crippen LogP contribution is -2.16. The fourth-order valence-electron chi connectivity index (χ4n) is 2.12. The lowest BCUT2D eigenvalue weighted by atomic mass is 9.94. The summed E-state index contributed by atoms with van der Waals surface area (Å²) in [4.78, 5) is 9.02. The van der Waals surface area contributed by atoms with Crippen molar-refractivity contribution in [3.05, 3.63) is 22.8 Å². The third-order valence-electron chi connectivity index (χ3n) is 2.72. The van der Waals surface area contributed by atoms with E-state index in [1.54, 1.807) is 0 Å². The van der Waals surface area contributed by atoms with Crippen LogP contribution in [0, 0.1) is 6.92 Å². The van der Waals surface area contributed by atoms with Crippen LogP contribution in [0.4, 0.5) is 0 Å². The van der Waals surface area contributed by atoms with Crippen LogP contribution in [0.2, 0.25) is 0 Å². The minimum atomic E-state index is 0.867. The molecule has 1 aliphatic carbocycles. The molecule has 0 unspecified atom stereocenters. The van der Waals surface area contributed by atoms with Gasteiger partial charge >= 0.3 is 0 Å². The van der Waals surface area contributed by atoms with Crippen molar-refractivity contribution in [3.8, 4) is 0 Å². The van der Waals surface area contributed by atoms with Gasteiger partial charge in [0.25, 0.3) is 0 Å². The highest BCUT2D eigenvalue weighted by Crippen LogP contribution is 2.21. The Balaban J connectivity index is 2.41. The Morgan fingerprint density at radius 1 is 1.21 bits per heavy atom. The van der Waals surface area contributed by atoms with Crippen LogP contribution in [-0.2, 0) is 19.4 Å². The number of aromatic nitrogens is 2. The summed E-state index contributed by atoms with van der Waals surface area (Å²) in [5, 5.41) is 3.17. The quantitative estimate of drug-likeness (QED) is 0.767. The Kier molecular flexibility index (Phi) is 2.77.